The van der Waals surface area contributed by atoms with E-state index in [1.54, 1.807) is 13.1 Å². The van der Waals surface area contributed by atoms with Crippen molar-refractivity contribution in [2.75, 3.05) is 7.05 Å². The van der Waals surface area contributed by atoms with E-state index in [1.165, 1.54) is 17.0 Å². The molecular weight excluding hydrogens is 353 g/mol. The van der Waals surface area contributed by atoms with Gasteiger partial charge < -0.3 is 4.90 Å². The molecule has 0 aliphatic rings. The van der Waals surface area contributed by atoms with E-state index in [-0.39, 0.29) is 12.5 Å². The van der Waals surface area contributed by atoms with Crippen molar-refractivity contribution in [1.82, 2.24) is 9.88 Å². The summed E-state index contributed by atoms with van der Waals surface area (Å²) in [6.07, 6.45) is -4.37. The molecule has 0 atom stereocenters. The van der Waals surface area contributed by atoms with Crippen LogP contribution in [0, 0.1) is 13.8 Å². The molecule has 27 heavy (non-hydrogen) atoms. The number of halogens is 3. The Morgan fingerprint density at radius 3 is 2.33 bits per heavy atom. The van der Waals surface area contributed by atoms with Gasteiger partial charge in [0.15, 0.2) is 0 Å². The molecule has 0 spiro atoms. The minimum absolute atomic E-state index is 0.198. The molecule has 0 unspecified atom stereocenters. The Hall–Kier alpha value is -2.89. The fourth-order valence-corrected chi connectivity index (χ4v) is 3.00. The fourth-order valence-electron chi connectivity index (χ4n) is 3.00. The first-order valence-electron chi connectivity index (χ1n) is 8.45. The summed E-state index contributed by atoms with van der Waals surface area (Å²) < 4.78 is 38.0. The number of carbonyl (C=O) groups is 1. The van der Waals surface area contributed by atoms with Gasteiger partial charge in [-0.1, -0.05) is 23.8 Å². The normalized spacial score (nSPS) is 11.6. The SMILES string of the molecule is Cc1ccc2nc(C)cc(C(=O)N(C)Cc3ccc(C(F)(F)F)cc3)c2c1. The number of amides is 1. The lowest BCUT2D eigenvalue weighted by molar-refractivity contribution is -0.137. The molecule has 0 fully saturated rings. The zero-order chi connectivity index (χ0) is 19.8. The van der Waals surface area contributed by atoms with Gasteiger partial charge in [-0.15, -0.1) is 0 Å². The number of hydrogen-bond acceptors (Lipinski definition) is 2. The lowest BCUT2D eigenvalue weighted by atomic mass is 10.0. The van der Waals surface area contributed by atoms with Crippen LogP contribution in [0.2, 0.25) is 0 Å². The molecule has 3 aromatic rings. The van der Waals surface area contributed by atoms with Crippen molar-refractivity contribution in [2.45, 2.75) is 26.6 Å². The van der Waals surface area contributed by atoms with E-state index in [0.717, 1.165) is 34.3 Å². The summed E-state index contributed by atoms with van der Waals surface area (Å²) in [5.41, 5.74) is 2.96. The monoisotopic (exact) mass is 372 g/mol. The third-order valence-electron chi connectivity index (χ3n) is 4.37. The molecule has 2 aromatic carbocycles. The number of fused-ring (bicyclic) bond motifs is 1. The van der Waals surface area contributed by atoms with Crippen LogP contribution in [0.25, 0.3) is 10.9 Å². The maximum Gasteiger partial charge on any atom is 0.416 e. The summed E-state index contributed by atoms with van der Waals surface area (Å²) in [4.78, 5) is 18.9. The van der Waals surface area contributed by atoms with Crippen LogP contribution in [0.15, 0.2) is 48.5 Å². The molecule has 0 saturated heterocycles. The first kappa shape index (κ1) is 18.9. The highest BCUT2D eigenvalue weighted by atomic mass is 19.4. The molecular formula is C21H19F3N2O. The maximum absolute atomic E-state index is 13.0. The minimum atomic E-state index is -4.37. The van der Waals surface area contributed by atoms with Crippen LogP contribution in [0.3, 0.4) is 0 Å². The Labute approximate surface area is 155 Å². The molecule has 0 bridgehead atoms. The summed E-state index contributed by atoms with van der Waals surface area (Å²) >= 11 is 0. The minimum Gasteiger partial charge on any atom is -0.337 e. The highest BCUT2D eigenvalue weighted by Crippen LogP contribution is 2.29. The highest BCUT2D eigenvalue weighted by molar-refractivity contribution is 6.06. The van der Waals surface area contributed by atoms with E-state index < -0.39 is 11.7 Å². The second-order valence-corrected chi connectivity index (χ2v) is 6.69. The quantitative estimate of drug-likeness (QED) is 0.638. The van der Waals surface area contributed by atoms with Crippen LogP contribution < -0.4 is 0 Å². The molecule has 0 radical (unpaired) electrons. The first-order valence-corrected chi connectivity index (χ1v) is 8.45. The zero-order valence-corrected chi connectivity index (χ0v) is 15.3. The van der Waals surface area contributed by atoms with Crippen LogP contribution in [-0.4, -0.2) is 22.8 Å². The molecule has 0 aliphatic heterocycles. The molecule has 0 saturated carbocycles. The van der Waals surface area contributed by atoms with Gasteiger partial charge in [-0.05, 0) is 49.7 Å². The van der Waals surface area contributed by atoms with Gasteiger partial charge in [-0.25, -0.2) is 0 Å². The van der Waals surface area contributed by atoms with Crippen LogP contribution in [0.1, 0.15) is 32.7 Å². The standard InChI is InChI=1S/C21H19F3N2O/c1-13-4-9-19-17(10-13)18(11-14(2)25-19)20(27)26(3)12-15-5-7-16(8-6-15)21(22,23)24/h4-11H,12H2,1-3H3. The number of carbonyl (C=O) groups excluding carboxylic acids is 1. The molecule has 0 aliphatic carbocycles. The highest BCUT2D eigenvalue weighted by Gasteiger charge is 2.30. The van der Waals surface area contributed by atoms with E-state index in [2.05, 4.69) is 4.98 Å². The number of pyridine rings is 1. The molecule has 3 nitrogen and oxygen atoms in total. The van der Waals surface area contributed by atoms with Crippen molar-refractivity contribution in [3.05, 3.63) is 76.5 Å². The fraction of sp³-hybridized carbons (Fsp3) is 0.238. The van der Waals surface area contributed by atoms with Crippen molar-refractivity contribution < 1.29 is 18.0 Å². The Balaban J connectivity index is 1.88. The predicted molar refractivity (Wildman–Crippen MR) is 98.5 cm³/mol. The van der Waals surface area contributed by atoms with Crippen LogP contribution >= 0.6 is 0 Å². The maximum atomic E-state index is 13.0. The van der Waals surface area contributed by atoms with Gasteiger partial charge in [0, 0.05) is 24.7 Å². The van der Waals surface area contributed by atoms with Crippen LogP contribution in [0.4, 0.5) is 13.2 Å². The number of aryl methyl sites for hydroxylation is 2. The van der Waals surface area contributed by atoms with Crippen LogP contribution in [0.5, 0.6) is 0 Å². The number of hydrogen-bond donors (Lipinski definition) is 0. The molecule has 140 valence electrons. The van der Waals surface area contributed by atoms with Gasteiger partial charge >= 0.3 is 6.18 Å². The smallest absolute Gasteiger partial charge is 0.337 e. The summed E-state index contributed by atoms with van der Waals surface area (Å²) in [6, 6.07) is 12.3. The van der Waals surface area contributed by atoms with Crippen LogP contribution in [-0.2, 0) is 12.7 Å². The number of nitrogens with zero attached hydrogens (tertiary/aromatic N) is 2. The second-order valence-electron chi connectivity index (χ2n) is 6.69. The summed E-state index contributed by atoms with van der Waals surface area (Å²) in [5.74, 6) is -0.198. The summed E-state index contributed by atoms with van der Waals surface area (Å²) in [6.45, 7) is 3.98. The third-order valence-corrected chi connectivity index (χ3v) is 4.37. The lowest BCUT2D eigenvalue weighted by Gasteiger charge is -2.19. The Morgan fingerprint density at radius 2 is 1.70 bits per heavy atom. The number of alkyl halides is 3. The van der Waals surface area contributed by atoms with Crippen molar-refractivity contribution in [1.29, 1.82) is 0 Å². The summed E-state index contributed by atoms with van der Waals surface area (Å²) in [7, 11) is 1.64. The van der Waals surface area contributed by atoms with Gasteiger partial charge in [-0.2, -0.15) is 13.2 Å². The van der Waals surface area contributed by atoms with Gasteiger partial charge in [0.2, 0.25) is 0 Å². The third kappa shape index (κ3) is 4.10. The van der Waals surface area contributed by atoms with Crippen molar-refractivity contribution >= 4 is 16.8 Å². The predicted octanol–water partition coefficient (Wildman–Crippen LogP) is 5.14. The number of aromatic nitrogens is 1. The van der Waals surface area contributed by atoms with Gasteiger partial charge in [0.25, 0.3) is 5.91 Å². The molecule has 0 N–H and O–H groups in total. The zero-order valence-electron chi connectivity index (χ0n) is 15.3. The topological polar surface area (TPSA) is 33.2 Å². The van der Waals surface area contributed by atoms with E-state index in [1.807, 2.05) is 32.0 Å². The summed E-state index contributed by atoms with van der Waals surface area (Å²) in [5, 5.41) is 0.768. The van der Waals surface area contributed by atoms with Gasteiger partial charge in [0.05, 0.1) is 16.6 Å². The largest absolute Gasteiger partial charge is 0.416 e. The Bertz CT molecular complexity index is 995. The van der Waals surface area contributed by atoms with E-state index >= 15 is 0 Å². The molecule has 6 heteroatoms. The van der Waals surface area contributed by atoms with E-state index in [0.29, 0.717) is 11.1 Å². The lowest BCUT2D eigenvalue weighted by Crippen LogP contribution is -2.26. The van der Waals surface area contributed by atoms with E-state index in [4.69, 9.17) is 0 Å². The average Bonchev–Trinajstić information content (AvgIpc) is 2.60. The molecule has 1 heterocycles. The van der Waals surface area contributed by atoms with Crippen molar-refractivity contribution in [3.63, 3.8) is 0 Å². The Kier molecular flexibility index (Phi) is 4.91. The Morgan fingerprint density at radius 1 is 1.04 bits per heavy atom. The average molecular weight is 372 g/mol. The molecule has 1 aromatic heterocycles. The molecule has 3 rings (SSSR count). The number of rotatable bonds is 3. The van der Waals surface area contributed by atoms with Crippen molar-refractivity contribution in [2.24, 2.45) is 0 Å². The van der Waals surface area contributed by atoms with Gasteiger partial charge in [0.1, 0.15) is 0 Å². The first-order chi connectivity index (χ1) is 12.6. The molecule has 1 amide bonds. The second kappa shape index (κ2) is 7.02. The number of benzene rings is 2. The van der Waals surface area contributed by atoms with E-state index in [9.17, 15) is 18.0 Å². The van der Waals surface area contributed by atoms with Crippen molar-refractivity contribution in [3.8, 4) is 0 Å². The van der Waals surface area contributed by atoms with Gasteiger partial charge in [-0.3, -0.25) is 9.78 Å².